The zero-order valence-corrected chi connectivity index (χ0v) is 16.2. The average Bonchev–Trinajstić information content (AvgIpc) is 2.63. The molecule has 0 heterocycles. The number of aliphatic imine (C=N–C) groups is 1. The van der Waals surface area contributed by atoms with Crippen molar-refractivity contribution in [1.82, 2.24) is 4.90 Å². The first kappa shape index (κ1) is 19.8. The number of carbonyl (C=O) groups is 1. The van der Waals surface area contributed by atoms with Crippen molar-refractivity contribution < 1.29 is 19.0 Å². The third kappa shape index (κ3) is 4.79. The van der Waals surface area contributed by atoms with E-state index >= 15 is 0 Å². The summed E-state index contributed by atoms with van der Waals surface area (Å²) in [7, 11) is 5.29. The van der Waals surface area contributed by atoms with Gasteiger partial charge in [0.05, 0.1) is 37.2 Å². The van der Waals surface area contributed by atoms with E-state index in [1.807, 2.05) is 32.3 Å². The fourth-order valence-corrected chi connectivity index (χ4v) is 2.45. The highest BCUT2D eigenvalue weighted by Gasteiger charge is 2.16. The summed E-state index contributed by atoms with van der Waals surface area (Å²) < 4.78 is 16.2. The molecule has 6 nitrogen and oxygen atoms in total. The molecule has 2 rings (SSSR count). The summed E-state index contributed by atoms with van der Waals surface area (Å²) in [6.07, 6.45) is 1.64. The van der Waals surface area contributed by atoms with Gasteiger partial charge in [0, 0.05) is 14.1 Å². The summed E-state index contributed by atoms with van der Waals surface area (Å²) in [6, 6.07) is 7.25. The summed E-state index contributed by atoms with van der Waals surface area (Å²) in [5, 5.41) is 1.70. The first-order valence-corrected chi connectivity index (χ1v) is 8.75. The van der Waals surface area contributed by atoms with Crippen molar-refractivity contribution in [3.63, 3.8) is 0 Å². The van der Waals surface area contributed by atoms with Gasteiger partial charge in [-0.25, -0.2) is 9.79 Å². The van der Waals surface area contributed by atoms with Crippen LogP contribution in [-0.2, 0) is 4.74 Å². The summed E-state index contributed by atoms with van der Waals surface area (Å²) in [6.45, 7) is 2.42. The second kappa shape index (κ2) is 9.29. The largest absolute Gasteiger partial charge is 0.493 e. The molecule has 0 bridgehead atoms. The molecule has 0 fully saturated rings. The van der Waals surface area contributed by atoms with E-state index in [4.69, 9.17) is 25.8 Å². The Labute approximate surface area is 158 Å². The van der Waals surface area contributed by atoms with E-state index < -0.39 is 5.97 Å². The zero-order valence-electron chi connectivity index (χ0n) is 15.4. The number of ether oxygens (including phenoxy) is 3. The van der Waals surface area contributed by atoms with Crippen molar-refractivity contribution in [3.05, 3.63) is 29.8 Å². The van der Waals surface area contributed by atoms with Crippen LogP contribution in [0.25, 0.3) is 10.8 Å². The van der Waals surface area contributed by atoms with Gasteiger partial charge in [0.15, 0.2) is 11.5 Å². The van der Waals surface area contributed by atoms with Crippen molar-refractivity contribution in [2.75, 3.05) is 40.3 Å². The Hall–Kier alpha value is -2.47. The third-order valence-corrected chi connectivity index (χ3v) is 3.65. The molecule has 0 radical (unpaired) electrons. The van der Waals surface area contributed by atoms with Gasteiger partial charge in [-0.3, -0.25) is 0 Å². The van der Waals surface area contributed by atoms with Crippen LogP contribution in [0.15, 0.2) is 29.3 Å². The highest BCUT2D eigenvalue weighted by Crippen LogP contribution is 2.36. The smallest absolute Gasteiger partial charge is 0.340 e. The molecule has 0 amide bonds. The lowest BCUT2D eigenvalue weighted by Gasteiger charge is -2.13. The van der Waals surface area contributed by atoms with Gasteiger partial charge < -0.3 is 19.1 Å². The summed E-state index contributed by atoms with van der Waals surface area (Å²) in [5.74, 6) is 1.11. The number of alkyl halides is 1. The van der Waals surface area contributed by atoms with Crippen LogP contribution in [0.1, 0.15) is 17.3 Å². The fourth-order valence-electron chi connectivity index (χ4n) is 2.37. The Morgan fingerprint density at radius 1 is 1.19 bits per heavy atom. The van der Waals surface area contributed by atoms with E-state index in [2.05, 4.69) is 4.99 Å². The number of methoxy groups -OCH3 is 1. The monoisotopic (exact) mass is 378 g/mol. The van der Waals surface area contributed by atoms with Gasteiger partial charge in [-0.2, -0.15) is 0 Å². The van der Waals surface area contributed by atoms with Crippen LogP contribution in [0.5, 0.6) is 11.5 Å². The predicted octanol–water partition coefficient (Wildman–Crippen LogP) is 3.86. The van der Waals surface area contributed by atoms with Crippen LogP contribution in [0, 0.1) is 0 Å². The van der Waals surface area contributed by atoms with E-state index in [0.29, 0.717) is 41.8 Å². The fraction of sp³-hybridized carbons (Fsp3) is 0.368. The normalized spacial score (nSPS) is 11.0. The maximum absolute atomic E-state index is 12.4. The van der Waals surface area contributed by atoms with E-state index in [0.717, 1.165) is 10.8 Å². The summed E-state index contributed by atoms with van der Waals surface area (Å²) in [5.41, 5.74) is 0.923. The van der Waals surface area contributed by atoms with Crippen molar-refractivity contribution in [2.24, 2.45) is 4.99 Å². The highest BCUT2D eigenvalue weighted by molar-refractivity contribution is 6.18. The SMILES string of the molecule is CCOC(=O)c1cc2cc(OCCCl)c(OC)cc2cc1N=CN(C)C. The van der Waals surface area contributed by atoms with Crippen LogP contribution in [-0.4, -0.2) is 57.5 Å². The average molecular weight is 379 g/mol. The number of fused-ring (bicyclic) bond motifs is 1. The number of carbonyl (C=O) groups excluding carboxylic acids is 1. The Morgan fingerprint density at radius 2 is 1.88 bits per heavy atom. The molecular formula is C19H23ClN2O4. The Morgan fingerprint density at radius 3 is 2.50 bits per heavy atom. The van der Waals surface area contributed by atoms with E-state index in [-0.39, 0.29) is 0 Å². The number of esters is 1. The molecule has 7 heteroatoms. The molecule has 0 atom stereocenters. The number of nitrogens with zero attached hydrogens (tertiary/aromatic N) is 2. The number of halogens is 1. The van der Waals surface area contributed by atoms with Crippen molar-refractivity contribution in [3.8, 4) is 11.5 Å². The molecule has 0 aromatic heterocycles. The second-order valence-electron chi connectivity index (χ2n) is 5.69. The maximum atomic E-state index is 12.4. The molecule has 0 aliphatic carbocycles. The van der Waals surface area contributed by atoms with E-state index in [1.165, 1.54) is 0 Å². The lowest BCUT2D eigenvalue weighted by molar-refractivity contribution is 0.0527. The van der Waals surface area contributed by atoms with Crippen LogP contribution in [0.2, 0.25) is 0 Å². The summed E-state index contributed by atoms with van der Waals surface area (Å²) >= 11 is 5.70. The lowest BCUT2D eigenvalue weighted by Crippen LogP contribution is -2.08. The molecule has 0 unspecified atom stereocenters. The first-order valence-electron chi connectivity index (χ1n) is 8.22. The minimum absolute atomic E-state index is 0.292. The molecule has 140 valence electrons. The number of hydrogen-bond donors (Lipinski definition) is 0. The van der Waals surface area contributed by atoms with Gasteiger partial charge in [0.25, 0.3) is 0 Å². The van der Waals surface area contributed by atoms with Crippen LogP contribution in [0.4, 0.5) is 5.69 Å². The van der Waals surface area contributed by atoms with Crippen molar-refractivity contribution in [1.29, 1.82) is 0 Å². The zero-order chi connectivity index (χ0) is 19.1. The molecule has 2 aromatic rings. The minimum Gasteiger partial charge on any atom is -0.493 e. The van der Waals surface area contributed by atoms with Crippen LogP contribution < -0.4 is 9.47 Å². The number of rotatable bonds is 8. The topological polar surface area (TPSA) is 60.4 Å². The quantitative estimate of drug-likeness (QED) is 0.302. The van der Waals surface area contributed by atoms with E-state index in [9.17, 15) is 4.79 Å². The molecule has 26 heavy (non-hydrogen) atoms. The number of benzene rings is 2. The van der Waals surface area contributed by atoms with Gasteiger partial charge in [-0.15, -0.1) is 11.6 Å². The van der Waals surface area contributed by atoms with Gasteiger partial charge >= 0.3 is 5.97 Å². The first-order chi connectivity index (χ1) is 12.5. The molecular weight excluding hydrogens is 356 g/mol. The lowest BCUT2D eigenvalue weighted by atomic mass is 10.0. The molecule has 0 aliphatic heterocycles. The van der Waals surface area contributed by atoms with Gasteiger partial charge in [0.2, 0.25) is 0 Å². The van der Waals surface area contributed by atoms with Gasteiger partial charge in [-0.05, 0) is 42.0 Å². The van der Waals surface area contributed by atoms with Crippen LogP contribution >= 0.6 is 11.6 Å². The van der Waals surface area contributed by atoms with E-state index in [1.54, 1.807) is 31.3 Å². The van der Waals surface area contributed by atoms with Gasteiger partial charge in [0.1, 0.15) is 6.61 Å². The molecule has 0 saturated heterocycles. The highest BCUT2D eigenvalue weighted by atomic mass is 35.5. The second-order valence-corrected chi connectivity index (χ2v) is 6.06. The van der Waals surface area contributed by atoms with Crippen molar-refractivity contribution in [2.45, 2.75) is 6.92 Å². The van der Waals surface area contributed by atoms with Crippen molar-refractivity contribution >= 4 is 40.4 Å². The standard InChI is InChI=1S/C19H23ClN2O4/c1-5-25-19(23)15-8-13-11-18(26-7-6-20)17(24-4)10-14(13)9-16(15)21-12-22(2)3/h8-12H,5-7H2,1-4H3. The molecule has 0 N–H and O–H groups in total. The number of hydrogen-bond acceptors (Lipinski definition) is 5. The molecule has 0 spiro atoms. The molecule has 0 aliphatic rings. The van der Waals surface area contributed by atoms with Gasteiger partial charge in [-0.1, -0.05) is 0 Å². The maximum Gasteiger partial charge on any atom is 0.340 e. The Balaban J connectivity index is 2.61. The van der Waals surface area contributed by atoms with Crippen LogP contribution in [0.3, 0.4) is 0 Å². The Bertz CT molecular complexity index is 806. The summed E-state index contributed by atoms with van der Waals surface area (Å²) in [4.78, 5) is 18.5. The third-order valence-electron chi connectivity index (χ3n) is 3.50. The Kier molecular flexibility index (Phi) is 7.09. The minimum atomic E-state index is -0.417. The predicted molar refractivity (Wildman–Crippen MR) is 105 cm³/mol. The molecule has 2 aromatic carbocycles. The molecule has 0 saturated carbocycles.